The van der Waals surface area contributed by atoms with Crippen LogP contribution in [0.25, 0.3) is 0 Å². The van der Waals surface area contributed by atoms with E-state index in [1.165, 1.54) is 19.2 Å². The number of aliphatic hydroxyl groups is 1. The fraction of sp³-hybridized carbons (Fsp3) is 0.200. The first-order valence-corrected chi connectivity index (χ1v) is 6.19. The molecule has 2 aromatic rings. The molecule has 2 rings (SSSR count). The molecule has 1 N–H and O–H groups in total. The number of aliphatic hydroxyl groups excluding tert-OH is 1. The third-order valence-corrected chi connectivity index (χ3v) is 3.51. The van der Waals surface area contributed by atoms with E-state index in [0.29, 0.717) is 16.1 Å². The van der Waals surface area contributed by atoms with Gasteiger partial charge in [-0.05, 0) is 41.8 Å². The molecule has 0 aliphatic heterocycles. The minimum Gasteiger partial charge on any atom is -0.494 e. The average molecular weight is 281 g/mol. The third kappa shape index (κ3) is 2.72. The molecular weight excluding hydrogens is 267 g/mol. The first-order valence-electron chi connectivity index (χ1n) is 5.81. The maximum Gasteiger partial charge on any atom is 0.165 e. The second-order valence-corrected chi connectivity index (χ2v) is 4.66. The largest absolute Gasteiger partial charge is 0.494 e. The van der Waals surface area contributed by atoms with Gasteiger partial charge in [0.25, 0.3) is 0 Å². The van der Waals surface area contributed by atoms with Crippen LogP contribution in [0.3, 0.4) is 0 Å². The summed E-state index contributed by atoms with van der Waals surface area (Å²) < 4.78 is 18.5. The van der Waals surface area contributed by atoms with Gasteiger partial charge in [0.2, 0.25) is 0 Å². The van der Waals surface area contributed by atoms with Gasteiger partial charge in [0.05, 0.1) is 7.11 Å². The first-order chi connectivity index (χ1) is 9.04. The van der Waals surface area contributed by atoms with Crippen molar-refractivity contribution in [1.82, 2.24) is 0 Å². The lowest BCUT2D eigenvalue weighted by Crippen LogP contribution is -2.03. The van der Waals surface area contributed by atoms with E-state index in [9.17, 15) is 9.50 Å². The lowest BCUT2D eigenvalue weighted by Gasteiger charge is -2.15. The summed E-state index contributed by atoms with van der Waals surface area (Å²) in [6, 6.07) is 9.67. The minimum atomic E-state index is -0.917. The third-order valence-electron chi connectivity index (χ3n) is 3.10. The highest BCUT2D eigenvalue weighted by Crippen LogP contribution is 2.30. The molecule has 0 fully saturated rings. The zero-order valence-electron chi connectivity index (χ0n) is 10.7. The van der Waals surface area contributed by atoms with Gasteiger partial charge in [0, 0.05) is 5.02 Å². The summed E-state index contributed by atoms with van der Waals surface area (Å²) in [6.45, 7) is 1.82. The quantitative estimate of drug-likeness (QED) is 0.924. The van der Waals surface area contributed by atoms with Crippen molar-refractivity contribution in [3.63, 3.8) is 0 Å². The Balaban J connectivity index is 2.41. The van der Waals surface area contributed by atoms with Gasteiger partial charge in [-0.1, -0.05) is 29.8 Å². The summed E-state index contributed by atoms with van der Waals surface area (Å²) >= 11 is 6.02. The van der Waals surface area contributed by atoms with Gasteiger partial charge >= 0.3 is 0 Å². The zero-order chi connectivity index (χ0) is 14.0. The lowest BCUT2D eigenvalue weighted by molar-refractivity contribution is 0.218. The molecule has 19 heavy (non-hydrogen) atoms. The topological polar surface area (TPSA) is 29.5 Å². The van der Waals surface area contributed by atoms with E-state index in [1.54, 1.807) is 24.3 Å². The van der Waals surface area contributed by atoms with Crippen LogP contribution in [0.15, 0.2) is 36.4 Å². The van der Waals surface area contributed by atoms with Crippen LogP contribution in [0.4, 0.5) is 4.39 Å². The van der Waals surface area contributed by atoms with Gasteiger partial charge in [0.15, 0.2) is 11.6 Å². The van der Waals surface area contributed by atoms with Crippen molar-refractivity contribution in [2.24, 2.45) is 0 Å². The van der Waals surface area contributed by atoms with Crippen molar-refractivity contribution in [2.45, 2.75) is 13.0 Å². The Kier molecular flexibility index (Phi) is 4.08. The van der Waals surface area contributed by atoms with Gasteiger partial charge in [0.1, 0.15) is 6.10 Å². The van der Waals surface area contributed by atoms with Crippen LogP contribution in [0.5, 0.6) is 5.75 Å². The molecule has 0 bridgehead atoms. The molecule has 0 spiro atoms. The van der Waals surface area contributed by atoms with Crippen molar-refractivity contribution in [1.29, 1.82) is 0 Å². The Morgan fingerprint density at radius 3 is 2.63 bits per heavy atom. The molecule has 0 heterocycles. The number of halogens is 2. The van der Waals surface area contributed by atoms with Gasteiger partial charge in [-0.3, -0.25) is 0 Å². The van der Waals surface area contributed by atoms with Crippen molar-refractivity contribution in [2.75, 3.05) is 7.11 Å². The fourth-order valence-corrected chi connectivity index (χ4v) is 2.13. The van der Waals surface area contributed by atoms with Crippen LogP contribution in [0.1, 0.15) is 22.8 Å². The second-order valence-electron chi connectivity index (χ2n) is 4.25. The normalized spacial score (nSPS) is 12.3. The Hall–Kier alpha value is -1.58. The molecule has 0 aliphatic rings. The first kappa shape index (κ1) is 13.8. The van der Waals surface area contributed by atoms with Crippen molar-refractivity contribution in [3.05, 3.63) is 63.9 Å². The lowest BCUT2D eigenvalue weighted by atomic mass is 9.97. The zero-order valence-corrected chi connectivity index (χ0v) is 11.4. The molecule has 0 radical (unpaired) electrons. The number of hydrogen-bond donors (Lipinski definition) is 1. The molecule has 1 atom stereocenters. The van der Waals surface area contributed by atoms with E-state index >= 15 is 0 Å². The van der Waals surface area contributed by atoms with E-state index in [2.05, 4.69) is 0 Å². The molecule has 0 aliphatic carbocycles. The summed E-state index contributed by atoms with van der Waals surface area (Å²) in [5.41, 5.74) is 1.91. The second kappa shape index (κ2) is 5.59. The smallest absolute Gasteiger partial charge is 0.165 e. The Morgan fingerprint density at radius 1 is 1.26 bits per heavy atom. The van der Waals surface area contributed by atoms with Crippen molar-refractivity contribution in [3.8, 4) is 5.75 Å². The van der Waals surface area contributed by atoms with Crippen LogP contribution in [0.2, 0.25) is 5.02 Å². The van der Waals surface area contributed by atoms with Crippen LogP contribution in [-0.4, -0.2) is 12.2 Å². The molecule has 1 unspecified atom stereocenters. The number of ether oxygens (including phenoxy) is 1. The van der Waals surface area contributed by atoms with E-state index in [1.807, 2.05) is 6.92 Å². The molecule has 0 saturated carbocycles. The molecule has 100 valence electrons. The monoisotopic (exact) mass is 280 g/mol. The van der Waals surface area contributed by atoms with Crippen molar-refractivity contribution >= 4 is 11.6 Å². The van der Waals surface area contributed by atoms with Crippen LogP contribution < -0.4 is 4.74 Å². The highest BCUT2D eigenvalue weighted by atomic mass is 35.5. The number of methoxy groups -OCH3 is 1. The molecule has 2 aromatic carbocycles. The summed E-state index contributed by atoms with van der Waals surface area (Å²) in [4.78, 5) is 0. The maximum absolute atomic E-state index is 13.6. The maximum atomic E-state index is 13.6. The molecule has 2 nitrogen and oxygen atoms in total. The van der Waals surface area contributed by atoms with Crippen molar-refractivity contribution < 1.29 is 14.2 Å². The van der Waals surface area contributed by atoms with Crippen LogP contribution in [0, 0.1) is 12.7 Å². The summed E-state index contributed by atoms with van der Waals surface area (Å²) in [5, 5.41) is 10.9. The van der Waals surface area contributed by atoms with E-state index in [4.69, 9.17) is 16.3 Å². The average Bonchev–Trinajstić information content (AvgIpc) is 2.41. The SMILES string of the molecule is COc1ccc(C(O)c2cccc(Cl)c2C)cc1F. The predicted octanol–water partition coefficient (Wildman–Crippen LogP) is 3.88. The summed E-state index contributed by atoms with van der Waals surface area (Å²) in [6.07, 6.45) is -0.917. The van der Waals surface area contributed by atoms with Gasteiger partial charge in [-0.25, -0.2) is 4.39 Å². The van der Waals surface area contributed by atoms with Gasteiger partial charge < -0.3 is 9.84 Å². The molecular formula is C15H14ClFO2. The number of hydrogen-bond acceptors (Lipinski definition) is 2. The van der Waals surface area contributed by atoms with Crippen LogP contribution >= 0.6 is 11.6 Å². The standard InChI is InChI=1S/C15H14ClFO2/c1-9-11(4-3-5-12(9)16)15(18)10-6-7-14(19-2)13(17)8-10/h3-8,15,18H,1-2H3. The Labute approximate surface area is 116 Å². The molecule has 0 saturated heterocycles. The fourth-order valence-electron chi connectivity index (χ4n) is 1.95. The highest BCUT2D eigenvalue weighted by molar-refractivity contribution is 6.31. The Morgan fingerprint density at radius 2 is 2.00 bits per heavy atom. The van der Waals surface area contributed by atoms with Crippen LogP contribution in [-0.2, 0) is 0 Å². The van der Waals surface area contributed by atoms with E-state index in [-0.39, 0.29) is 5.75 Å². The van der Waals surface area contributed by atoms with E-state index < -0.39 is 11.9 Å². The molecule has 0 amide bonds. The van der Waals surface area contributed by atoms with Gasteiger partial charge in [-0.2, -0.15) is 0 Å². The van der Waals surface area contributed by atoms with Gasteiger partial charge in [-0.15, -0.1) is 0 Å². The highest BCUT2D eigenvalue weighted by Gasteiger charge is 2.16. The number of benzene rings is 2. The minimum absolute atomic E-state index is 0.152. The molecule has 4 heteroatoms. The summed E-state index contributed by atoms with van der Waals surface area (Å²) in [5.74, 6) is -0.350. The number of rotatable bonds is 3. The van der Waals surface area contributed by atoms with E-state index in [0.717, 1.165) is 5.56 Å². The molecule has 0 aromatic heterocycles. The predicted molar refractivity (Wildman–Crippen MR) is 73.2 cm³/mol. The Bertz CT molecular complexity index is 599. The summed E-state index contributed by atoms with van der Waals surface area (Å²) in [7, 11) is 1.40.